The molecule has 8 nitrogen and oxygen atoms in total. The van der Waals surface area contributed by atoms with Crippen LogP contribution in [-0.2, 0) is 14.3 Å². The van der Waals surface area contributed by atoms with E-state index in [4.69, 9.17) is 9.84 Å². The lowest BCUT2D eigenvalue weighted by molar-refractivity contribution is -0.137. The first-order chi connectivity index (χ1) is 17.0. The van der Waals surface area contributed by atoms with Crippen molar-refractivity contribution in [1.29, 1.82) is 0 Å². The Morgan fingerprint density at radius 1 is 0.943 bits per heavy atom. The minimum atomic E-state index is -0.814. The van der Waals surface area contributed by atoms with E-state index in [1.54, 1.807) is 0 Å². The fourth-order valence-electron chi connectivity index (χ4n) is 4.93. The van der Waals surface area contributed by atoms with E-state index >= 15 is 0 Å². The number of nitrogens with zero attached hydrogens (tertiary/aromatic N) is 1. The number of likely N-dealkylation sites (tertiary alicyclic amines) is 1. The summed E-state index contributed by atoms with van der Waals surface area (Å²) in [5.74, 6) is -0.827. The number of carboxylic acids is 1. The van der Waals surface area contributed by atoms with Crippen LogP contribution in [0.25, 0.3) is 11.1 Å². The number of aliphatic carboxylic acids is 1. The number of alkyl carbamates (subject to hydrolysis) is 1. The number of carboxylic acid groups (broad SMARTS) is 1. The largest absolute Gasteiger partial charge is 0.481 e. The average Bonchev–Trinajstić information content (AvgIpc) is 3.17. The minimum absolute atomic E-state index is 0.0287. The number of carbonyl (C=O) groups excluding carboxylic acids is 2. The third-order valence-corrected chi connectivity index (χ3v) is 6.76. The van der Waals surface area contributed by atoms with Crippen LogP contribution in [0.15, 0.2) is 48.5 Å². The van der Waals surface area contributed by atoms with Crippen molar-refractivity contribution in [3.63, 3.8) is 0 Å². The highest BCUT2D eigenvalue weighted by Gasteiger charge is 2.29. The summed E-state index contributed by atoms with van der Waals surface area (Å²) in [6.45, 7) is 2.55. The number of unbranched alkanes of at least 4 members (excludes halogenated alkanes) is 1. The zero-order valence-electron chi connectivity index (χ0n) is 19.9. The molecule has 3 N–H and O–H groups in total. The first-order valence-corrected chi connectivity index (χ1v) is 12.3. The van der Waals surface area contributed by atoms with Gasteiger partial charge in [-0.2, -0.15) is 0 Å². The van der Waals surface area contributed by atoms with Crippen molar-refractivity contribution < 1.29 is 24.2 Å². The van der Waals surface area contributed by atoms with Gasteiger partial charge in [0.15, 0.2) is 0 Å². The monoisotopic (exact) mass is 479 g/mol. The van der Waals surface area contributed by atoms with Crippen molar-refractivity contribution in [1.82, 2.24) is 15.5 Å². The summed E-state index contributed by atoms with van der Waals surface area (Å²) >= 11 is 0. The third-order valence-electron chi connectivity index (χ3n) is 6.76. The third kappa shape index (κ3) is 6.60. The van der Waals surface area contributed by atoms with E-state index in [0.29, 0.717) is 32.5 Å². The molecule has 2 aromatic carbocycles. The van der Waals surface area contributed by atoms with Gasteiger partial charge in [0.25, 0.3) is 0 Å². The van der Waals surface area contributed by atoms with Crippen LogP contribution in [0.1, 0.15) is 49.1 Å². The van der Waals surface area contributed by atoms with Gasteiger partial charge in [0.05, 0.1) is 6.54 Å². The second-order valence-electron chi connectivity index (χ2n) is 9.22. The summed E-state index contributed by atoms with van der Waals surface area (Å²) in [4.78, 5) is 37.2. The van der Waals surface area contributed by atoms with E-state index in [1.807, 2.05) is 24.3 Å². The molecule has 2 aromatic rings. The Bertz CT molecular complexity index is 1000. The van der Waals surface area contributed by atoms with Crippen LogP contribution >= 0.6 is 0 Å². The van der Waals surface area contributed by atoms with Crippen LogP contribution in [0.4, 0.5) is 4.79 Å². The number of piperidine rings is 1. The summed E-state index contributed by atoms with van der Waals surface area (Å²) in [6, 6.07) is 16.6. The summed E-state index contributed by atoms with van der Waals surface area (Å²) in [5.41, 5.74) is 4.78. The molecule has 1 aliphatic carbocycles. The smallest absolute Gasteiger partial charge is 0.407 e. The highest BCUT2D eigenvalue weighted by Crippen LogP contribution is 2.44. The fourth-order valence-corrected chi connectivity index (χ4v) is 4.93. The van der Waals surface area contributed by atoms with Gasteiger partial charge in [-0.15, -0.1) is 0 Å². The number of fused-ring (bicyclic) bond motifs is 3. The molecule has 186 valence electrons. The molecule has 1 aliphatic heterocycles. The highest BCUT2D eigenvalue weighted by atomic mass is 16.5. The van der Waals surface area contributed by atoms with Gasteiger partial charge in [0.2, 0.25) is 5.91 Å². The summed E-state index contributed by atoms with van der Waals surface area (Å²) in [5, 5.41) is 14.5. The van der Waals surface area contributed by atoms with Crippen LogP contribution < -0.4 is 10.6 Å². The Hall–Kier alpha value is -3.39. The second-order valence-corrected chi connectivity index (χ2v) is 9.22. The molecule has 0 bridgehead atoms. The predicted molar refractivity (Wildman–Crippen MR) is 132 cm³/mol. The summed E-state index contributed by atoms with van der Waals surface area (Å²) in [7, 11) is 0. The van der Waals surface area contributed by atoms with Crippen molar-refractivity contribution in [2.24, 2.45) is 0 Å². The Kier molecular flexibility index (Phi) is 8.36. The number of benzene rings is 2. The van der Waals surface area contributed by atoms with E-state index in [1.165, 1.54) is 22.3 Å². The molecular formula is C27H33N3O5. The Morgan fingerprint density at radius 2 is 1.57 bits per heavy atom. The SMILES string of the molecule is O=C(O)CCCCNC(=O)CN1CCC(NC(=O)OCC2c3ccccc3-c3ccccc32)CC1. The Labute approximate surface area is 205 Å². The van der Waals surface area contributed by atoms with Crippen molar-refractivity contribution in [2.45, 2.75) is 44.1 Å². The first kappa shape index (κ1) is 24.7. The average molecular weight is 480 g/mol. The van der Waals surface area contributed by atoms with Gasteiger partial charge in [0.1, 0.15) is 6.61 Å². The number of hydrogen-bond donors (Lipinski definition) is 3. The van der Waals surface area contributed by atoms with Crippen LogP contribution in [-0.4, -0.2) is 66.8 Å². The lowest BCUT2D eigenvalue weighted by Crippen LogP contribution is -2.47. The van der Waals surface area contributed by atoms with Gasteiger partial charge in [0, 0.05) is 38.0 Å². The topological polar surface area (TPSA) is 108 Å². The molecule has 1 fully saturated rings. The molecule has 2 aliphatic rings. The molecule has 1 heterocycles. The lowest BCUT2D eigenvalue weighted by Gasteiger charge is -2.31. The van der Waals surface area contributed by atoms with Gasteiger partial charge >= 0.3 is 12.1 Å². The van der Waals surface area contributed by atoms with Gasteiger partial charge in [-0.05, 0) is 47.9 Å². The minimum Gasteiger partial charge on any atom is -0.481 e. The maximum atomic E-state index is 12.5. The van der Waals surface area contributed by atoms with E-state index in [0.717, 1.165) is 25.9 Å². The molecule has 0 spiro atoms. The standard InChI is InChI=1S/C27H33N3O5/c31-25(28-14-6-5-11-26(32)33)17-30-15-12-19(13-16-30)29-27(34)35-18-24-22-9-3-1-7-20(22)21-8-2-4-10-23(21)24/h1-4,7-10,19,24H,5-6,11-18H2,(H,28,31)(H,29,34)(H,32,33). The molecule has 0 aromatic heterocycles. The number of nitrogens with one attached hydrogen (secondary N) is 2. The molecule has 0 atom stereocenters. The molecule has 0 saturated carbocycles. The molecule has 0 radical (unpaired) electrons. The van der Waals surface area contributed by atoms with E-state index in [-0.39, 0.29) is 24.3 Å². The van der Waals surface area contributed by atoms with Crippen molar-refractivity contribution in [3.8, 4) is 11.1 Å². The quantitative estimate of drug-likeness (QED) is 0.451. The normalized spacial score (nSPS) is 15.8. The van der Waals surface area contributed by atoms with Crippen LogP contribution in [0.2, 0.25) is 0 Å². The van der Waals surface area contributed by atoms with Crippen molar-refractivity contribution in [3.05, 3.63) is 59.7 Å². The summed E-state index contributed by atoms with van der Waals surface area (Å²) < 4.78 is 5.65. The van der Waals surface area contributed by atoms with Crippen molar-refractivity contribution in [2.75, 3.05) is 32.8 Å². The number of ether oxygens (including phenoxy) is 1. The number of rotatable bonds is 10. The fraction of sp³-hybridized carbons (Fsp3) is 0.444. The lowest BCUT2D eigenvalue weighted by atomic mass is 9.98. The van der Waals surface area contributed by atoms with Gasteiger partial charge < -0.3 is 20.5 Å². The molecule has 2 amide bonds. The van der Waals surface area contributed by atoms with Gasteiger partial charge in [-0.25, -0.2) is 4.79 Å². The molecule has 1 saturated heterocycles. The molecule has 4 rings (SSSR count). The van der Waals surface area contributed by atoms with Crippen LogP contribution in [0.3, 0.4) is 0 Å². The first-order valence-electron chi connectivity index (χ1n) is 12.3. The second kappa shape index (κ2) is 11.8. The molecule has 8 heteroatoms. The molecular weight excluding hydrogens is 446 g/mol. The number of hydrogen-bond acceptors (Lipinski definition) is 5. The van der Waals surface area contributed by atoms with Crippen molar-refractivity contribution >= 4 is 18.0 Å². The molecule has 0 unspecified atom stereocenters. The summed E-state index contributed by atoms with van der Waals surface area (Å²) in [6.07, 6.45) is 2.46. The Balaban J connectivity index is 1.16. The molecule has 35 heavy (non-hydrogen) atoms. The zero-order chi connectivity index (χ0) is 24.6. The van der Waals surface area contributed by atoms with Crippen LogP contribution in [0, 0.1) is 0 Å². The van der Waals surface area contributed by atoms with E-state index < -0.39 is 12.1 Å². The predicted octanol–water partition coefficient (Wildman–Crippen LogP) is 3.36. The number of carbonyl (C=O) groups is 3. The Morgan fingerprint density at radius 3 is 2.20 bits per heavy atom. The van der Waals surface area contributed by atoms with Gasteiger partial charge in [-0.1, -0.05) is 48.5 Å². The maximum Gasteiger partial charge on any atom is 0.407 e. The van der Waals surface area contributed by atoms with E-state index in [9.17, 15) is 14.4 Å². The maximum absolute atomic E-state index is 12.5. The van der Waals surface area contributed by atoms with Crippen LogP contribution in [0.5, 0.6) is 0 Å². The van der Waals surface area contributed by atoms with Gasteiger partial charge in [-0.3, -0.25) is 14.5 Å². The number of amides is 2. The van der Waals surface area contributed by atoms with E-state index in [2.05, 4.69) is 39.8 Å². The zero-order valence-corrected chi connectivity index (χ0v) is 19.9. The highest BCUT2D eigenvalue weighted by molar-refractivity contribution is 5.79.